The molecule has 0 saturated heterocycles. The SMILES string of the molecule is COC(=O)c1ccc(Nc2nccc(C(=O)Nc3ccccc3C#N)n2)cc1. The quantitative estimate of drug-likeness (QED) is 0.660. The van der Waals surface area contributed by atoms with Gasteiger partial charge in [-0.15, -0.1) is 0 Å². The van der Waals surface area contributed by atoms with Crippen LogP contribution in [0.2, 0.25) is 0 Å². The summed E-state index contributed by atoms with van der Waals surface area (Å²) in [6.45, 7) is 0. The molecule has 0 atom stereocenters. The van der Waals surface area contributed by atoms with Gasteiger partial charge in [0.15, 0.2) is 0 Å². The fourth-order valence-electron chi connectivity index (χ4n) is 2.36. The van der Waals surface area contributed by atoms with Crippen molar-refractivity contribution >= 4 is 29.2 Å². The number of nitriles is 1. The van der Waals surface area contributed by atoms with Crippen LogP contribution < -0.4 is 10.6 Å². The first-order valence-corrected chi connectivity index (χ1v) is 8.19. The van der Waals surface area contributed by atoms with Crippen molar-refractivity contribution in [2.75, 3.05) is 17.7 Å². The molecule has 8 heteroatoms. The van der Waals surface area contributed by atoms with Crippen molar-refractivity contribution in [3.05, 3.63) is 77.6 Å². The highest BCUT2D eigenvalue weighted by Crippen LogP contribution is 2.17. The van der Waals surface area contributed by atoms with E-state index in [9.17, 15) is 9.59 Å². The first-order valence-electron chi connectivity index (χ1n) is 8.19. The minimum atomic E-state index is -0.464. The largest absolute Gasteiger partial charge is 0.465 e. The van der Waals surface area contributed by atoms with Crippen molar-refractivity contribution in [3.8, 4) is 6.07 Å². The van der Waals surface area contributed by atoms with Crippen LogP contribution in [0.3, 0.4) is 0 Å². The smallest absolute Gasteiger partial charge is 0.337 e. The van der Waals surface area contributed by atoms with E-state index in [0.717, 1.165) is 0 Å². The Morgan fingerprint density at radius 3 is 2.54 bits per heavy atom. The number of rotatable bonds is 5. The van der Waals surface area contributed by atoms with Crippen LogP contribution in [-0.4, -0.2) is 29.0 Å². The molecule has 0 fully saturated rings. The molecule has 0 radical (unpaired) electrons. The second-order valence-corrected chi connectivity index (χ2v) is 5.57. The summed E-state index contributed by atoms with van der Waals surface area (Å²) in [6, 6.07) is 16.7. The van der Waals surface area contributed by atoms with E-state index in [0.29, 0.717) is 22.5 Å². The summed E-state index contributed by atoms with van der Waals surface area (Å²) in [5, 5.41) is 14.7. The van der Waals surface area contributed by atoms with Gasteiger partial charge in [0.2, 0.25) is 5.95 Å². The molecule has 0 aliphatic carbocycles. The van der Waals surface area contributed by atoms with E-state index in [1.54, 1.807) is 48.5 Å². The van der Waals surface area contributed by atoms with E-state index in [1.165, 1.54) is 19.4 Å². The molecular weight excluding hydrogens is 358 g/mol. The Hall–Kier alpha value is -4.25. The summed E-state index contributed by atoms with van der Waals surface area (Å²) in [7, 11) is 1.31. The number of carbonyl (C=O) groups is 2. The number of carbonyl (C=O) groups excluding carboxylic acids is 2. The number of amides is 1. The highest BCUT2D eigenvalue weighted by molar-refractivity contribution is 6.03. The third-order valence-electron chi connectivity index (χ3n) is 3.75. The number of nitrogens with one attached hydrogen (secondary N) is 2. The van der Waals surface area contributed by atoms with Crippen molar-refractivity contribution in [2.24, 2.45) is 0 Å². The summed E-state index contributed by atoms with van der Waals surface area (Å²) in [5.74, 6) is -0.680. The molecule has 0 spiro atoms. The Balaban J connectivity index is 1.74. The number of hydrogen-bond donors (Lipinski definition) is 2. The minimum Gasteiger partial charge on any atom is -0.465 e. The number of hydrogen-bond acceptors (Lipinski definition) is 7. The molecule has 0 saturated carbocycles. The van der Waals surface area contributed by atoms with Crippen molar-refractivity contribution < 1.29 is 14.3 Å². The second-order valence-electron chi connectivity index (χ2n) is 5.57. The maximum Gasteiger partial charge on any atom is 0.337 e. The van der Waals surface area contributed by atoms with Gasteiger partial charge in [-0.2, -0.15) is 5.26 Å². The van der Waals surface area contributed by atoms with Gasteiger partial charge in [-0.1, -0.05) is 12.1 Å². The molecule has 1 amide bonds. The number of benzene rings is 2. The molecular formula is C20H15N5O3. The molecule has 2 N–H and O–H groups in total. The topological polar surface area (TPSA) is 117 Å². The van der Waals surface area contributed by atoms with Crippen LogP contribution in [0.25, 0.3) is 0 Å². The Labute approximate surface area is 160 Å². The summed E-state index contributed by atoms with van der Waals surface area (Å²) in [6.07, 6.45) is 1.45. The van der Waals surface area contributed by atoms with Gasteiger partial charge in [0.25, 0.3) is 5.91 Å². The number of anilines is 3. The fourth-order valence-corrected chi connectivity index (χ4v) is 2.36. The van der Waals surface area contributed by atoms with E-state index in [4.69, 9.17) is 5.26 Å². The highest BCUT2D eigenvalue weighted by Gasteiger charge is 2.12. The van der Waals surface area contributed by atoms with Crippen molar-refractivity contribution in [1.82, 2.24) is 9.97 Å². The van der Waals surface area contributed by atoms with E-state index in [2.05, 4.69) is 25.3 Å². The van der Waals surface area contributed by atoms with Crippen molar-refractivity contribution in [2.45, 2.75) is 0 Å². The van der Waals surface area contributed by atoms with Gasteiger partial charge in [-0.05, 0) is 42.5 Å². The lowest BCUT2D eigenvalue weighted by Gasteiger charge is -2.08. The molecule has 8 nitrogen and oxygen atoms in total. The van der Waals surface area contributed by atoms with Crippen molar-refractivity contribution in [3.63, 3.8) is 0 Å². The summed E-state index contributed by atoms with van der Waals surface area (Å²) >= 11 is 0. The predicted octanol–water partition coefficient (Wildman–Crippen LogP) is 3.13. The molecule has 1 aromatic heterocycles. The maximum atomic E-state index is 12.4. The first kappa shape index (κ1) is 18.5. The molecule has 138 valence electrons. The second kappa shape index (κ2) is 8.42. The van der Waals surface area contributed by atoms with Gasteiger partial charge in [0.05, 0.1) is 23.9 Å². The molecule has 2 aromatic carbocycles. The number of aromatic nitrogens is 2. The van der Waals surface area contributed by atoms with Crippen LogP contribution in [0.4, 0.5) is 17.3 Å². The highest BCUT2D eigenvalue weighted by atomic mass is 16.5. The Kier molecular flexibility index (Phi) is 5.58. The molecule has 0 aliphatic rings. The average molecular weight is 373 g/mol. The third-order valence-corrected chi connectivity index (χ3v) is 3.75. The lowest BCUT2D eigenvalue weighted by Crippen LogP contribution is -2.15. The van der Waals surface area contributed by atoms with Gasteiger partial charge in [-0.3, -0.25) is 4.79 Å². The lowest BCUT2D eigenvalue weighted by molar-refractivity contribution is 0.0600. The number of esters is 1. The zero-order valence-corrected chi connectivity index (χ0v) is 14.8. The van der Waals surface area contributed by atoms with Gasteiger partial charge >= 0.3 is 5.97 Å². The van der Waals surface area contributed by atoms with E-state index < -0.39 is 11.9 Å². The van der Waals surface area contributed by atoms with Crippen molar-refractivity contribution in [1.29, 1.82) is 5.26 Å². The summed E-state index contributed by atoms with van der Waals surface area (Å²) in [4.78, 5) is 32.2. The van der Waals surface area contributed by atoms with Crippen LogP contribution in [0.1, 0.15) is 26.4 Å². The number of nitrogens with zero attached hydrogens (tertiary/aromatic N) is 3. The number of ether oxygens (including phenoxy) is 1. The zero-order valence-electron chi connectivity index (χ0n) is 14.8. The Morgan fingerprint density at radius 2 is 1.82 bits per heavy atom. The Morgan fingerprint density at radius 1 is 1.07 bits per heavy atom. The van der Waals surface area contributed by atoms with Crippen LogP contribution in [-0.2, 0) is 4.74 Å². The lowest BCUT2D eigenvalue weighted by atomic mass is 10.2. The summed E-state index contributed by atoms with van der Waals surface area (Å²) in [5.41, 5.74) is 1.95. The predicted molar refractivity (Wildman–Crippen MR) is 102 cm³/mol. The van der Waals surface area contributed by atoms with Gasteiger partial charge < -0.3 is 15.4 Å². The third kappa shape index (κ3) is 4.28. The first-order chi connectivity index (χ1) is 13.6. The van der Waals surface area contributed by atoms with E-state index in [-0.39, 0.29) is 11.6 Å². The molecule has 3 rings (SSSR count). The van der Waals surface area contributed by atoms with Crippen LogP contribution >= 0.6 is 0 Å². The van der Waals surface area contributed by atoms with Gasteiger partial charge in [0.1, 0.15) is 11.8 Å². The molecule has 0 unspecified atom stereocenters. The number of para-hydroxylation sites is 1. The molecule has 28 heavy (non-hydrogen) atoms. The summed E-state index contributed by atoms with van der Waals surface area (Å²) < 4.78 is 4.65. The molecule has 1 heterocycles. The van der Waals surface area contributed by atoms with Gasteiger partial charge in [-0.25, -0.2) is 14.8 Å². The average Bonchev–Trinajstić information content (AvgIpc) is 2.74. The van der Waals surface area contributed by atoms with Crippen LogP contribution in [0.15, 0.2) is 60.8 Å². The van der Waals surface area contributed by atoms with Crippen LogP contribution in [0.5, 0.6) is 0 Å². The Bertz CT molecular complexity index is 1060. The van der Waals surface area contributed by atoms with Gasteiger partial charge in [0, 0.05) is 11.9 Å². The fraction of sp³-hybridized carbons (Fsp3) is 0.0500. The minimum absolute atomic E-state index is 0.136. The normalized spacial score (nSPS) is 9.86. The monoisotopic (exact) mass is 373 g/mol. The number of methoxy groups -OCH3 is 1. The maximum absolute atomic E-state index is 12.4. The van der Waals surface area contributed by atoms with E-state index in [1.807, 2.05) is 6.07 Å². The standard InChI is InChI=1S/C20H15N5O3/c1-28-19(27)13-6-8-15(9-7-13)23-20-22-11-10-17(25-20)18(26)24-16-5-3-2-4-14(16)12-21/h2-11H,1H3,(H,24,26)(H,22,23,25). The van der Waals surface area contributed by atoms with Crippen LogP contribution in [0, 0.1) is 11.3 Å². The molecule has 0 aliphatic heterocycles. The molecule has 3 aromatic rings. The zero-order chi connectivity index (χ0) is 19.9. The van der Waals surface area contributed by atoms with E-state index >= 15 is 0 Å². The molecule has 0 bridgehead atoms.